The lowest BCUT2D eigenvalue weighted by atomic mass is 10.2. The first-order valence-electron chi connectivity index (χ1n) is 5.74. The van der Waals surface area contributed by atoms with E-state index in [1.807, 2.05) is 25.1 Å². The molecule has 1 aromatic heterocycles. The Morgan fingerprint density at radius 1 is 1.21 bits per heavy atom. The van der Waals surface area contributed by atoms with Crippen LogP contribution in [0.5, 0.6) is 0 Å². The third-order valence-electron chi connectivity index (χ3n) is 3.07. The number of aryl methyl sites for hydroxylation is 1. The second kappa shape index (κ2) is 4.47. The van der Waals surface area contributed by atoms with Gasteiger partial charge in [-0.2, -0.15) is 0 Å². The Hall–Kier alpha value is -1.65. The van der Waals surface area contributed by atoms with Crippen molar-refractivity contribution in [1.82, 2.24) is 9.55 Å². The van der Waals surface area contributed by atoms with E-state index in [0.717, 1.165) is 16.6 Å². The molecular formula is C14H10ClFN2S. The molecule has 19 heavy (non-hydrogen) atoms. The predicted molar refractivity (Wildman–Crippen MR) is 78.2 cm³/mol. The molecule has 2 nitrogen and oxygen atoms in total. The SMILES string of the molecule is Cc1cccc2[nH]c(=S)n(-c3c(F)cccc3Cl)c12. The van der Waals surface area contributed by atoms with Gasteiger partial charge in [0.1, 0.15) is 11.5 Å². The van der Waals surface area contributed by atoms with Crippen LogP contribution in [0.4, 0.5) is 4.39 Å². The Labute approximate surface area is 119 Å². The number of benzene rings is 2. The van der Waals surface area contributed by atoms with Gasteiger partial charge in [-0.1, -0.05) is 29.8 Å². The second-order valence-electron chi connectivity index (χ2n) is 4.31. The van der Waals surface area contributed by atoms with Crippen LogP contribution in [0.1, 0.15) is 5.56 Å². The molecule has 0 saturated carbocycles. The fraction of sp³-hybridized carbons (Fsp3) is 0.0714. The fourth-order valence-corrected chi connectivity index (χ4v) is 2.79. The van der Waals surface area contributed by atoms with E-state index in [0.29, 0.717) is 9.79 Å². The van der Waals surface area contributed by atoms with Gasteiger partial charge in [-0.25, -0.2) is 4.39 Å². The summed E-state index contributed by atoms with van der Waals surface area (Å²) in [5.41, 5.74) is 3.00. The summed E-state index contributed by atoms with van der Waals surface area (Å²) in [4.78, 5) is 3.07. The normalized spacial score (nSPS) is 11.1. The van der Waals surface area contributed by atoms with Crippen LogP contribution in [0.2, 0.25) is 5.02 Å². The highest BCUT2D eigenvalue weighted by Crippen LogP contribution is 2.29. The molecule has 0 aliphatic heterocycles. The molecule has 2 aromatic carbocycles. The van der Waals surface area contributed by atoms with Crippen molar-refractivity contribution in [2.45, 2.75) is 6.92 Å². The number of hydrogen-bond donors (Lipinski definition) is 1. The minimum Gasteiger partial charge on any atom is -0.330 e. The molecule has 0 saturated heterocycles. The third kappa shape index (κ3) is 1.88. The average molecular weight is 293 g/mol. The van der Waals surface area contributed by atoms with Gasteiger partial charge in [0.2, 0.25) is 0 Å². The standard InChI is InChI=1S/C14H10ClFN2S/c1-8-4-2-7-11-12(8)18(14(19)17-11)13-9(15)5-3-6-10(13)16/h2-7H,1H3,(H,17,19). The first kappa shape index (κ1) is 12.4. The molecule has 3 aromatic rings. The molecule has 1 heterocycles. The smallest absolute Gasteiger partial charge is 0.182 e. The van der Waals surface area contributed by atoms with Crippen molar-refractivity contribution >= 4 is 34.9 Å². The van der Waals surface area contributed by atoms with E-state index in [1.54, 1.807) is 16.7 Å². The summed E-state index contributed by atoms with van der Waals surface area (Å²) in [5, 5.41) is 0.334. The summed E-state index contributed by atoms with van der Waals surface area (Å²) >= 11 is 11.4. The Morgan fingerprint density at radius 3 is 2.68 bits per heavy atom. The topological polar surface area (TPSA) is 20.7 Å². The second-order valence-corrected chi connectivity index (χ2v) is 5.10. The third-order valence-corrected chi connectivity index (χ3v) is 3.66. The van der Waals surface area contributed by atoms with Gasteiger partial charge in [-0.3, -0.25) is 4.57 Å². The van der Waals surface area contributed by atoms with Crippen molar-refractivity contribution in [3.63, 3.8) is 0 Å². The molecule has 3 rings (SSSR count). The Bertz CT molecular complexity index is 815. The molecular weight excluding hydrogens is 283 g/mol. The molecule has 0 aliphatic rings. The lowest BCUT2D eigenvalue weighted by Crippen LogP contribution is -1.99. The van der Waals surface area contributed by atoms with E-state index < -0.39 is 5.82 Å². The Balaban J connectivity index is 2.50. The van der Waals surface area contributed by atoms with Gasteiger partial charge < -0.3 is 4.98 Å². The highest BCUT2D eigenvalue weighted by Gasteiger charge is 2.15. The quantitative estimate of drug-likeness (QED) is 0.640. The zero-order chi connectivity index (χ0) is 13.6. The molecule has 0 aliphatic carbocycles. The van der Waals surface area contributed by atoms with E-state index in [-0.39, 0.29) is 5.69 Å². The maximum Gasteiger partial charge on any atom is 0.182 e. The van der Waals surface area contributed by atoms with Crippen LogP contribution in [0.15, 0.2) is 36.4 Å². The van der Waals surface area contributed by atoms with Crippen LogP contribution in [0, 0.1) is 17.5 Å². The van der Waals surface area contributed by atoms with E-state index in [2.05, 4.69) is 4.98 Å². The number of aromatic amines is 1. The van der Waals surface area contributed by atoms with Crippen molar-refractivity contribution in [2.24, 2.45) is 0 Å². The molecule has 0 radical (unpaired) electrons. The number of para-hydroxylation sites is 2. The van der Waals surface area contributed by atoms with E-state index >= 15 is 0 Å². The highest BCUT2D eigenvalue weighted by molar-refractivity contribution is 7.71. The molecule has 0 amide bonds. The molecule has 96 valence electrons. The molecule has 1 N–H and O–H groups in total. The van der Waals surface area contributed by atoms with Gasteiger partial charge >= 0.3 is 0 Å². The van der Waals surface area contributed by atoms with Gasteiger partial charge in [-0.15, -0.1) is 0 Å². The molecule has 0 fully saturated rings. The Morgan fingerprint density at radius 2 is 1.95 bits per heavy atom. The number of nitrogens with zero attached hydrogens (tertiary/aromatic N) is 1. The largest absolute Gasteiger partial charge is 0.330 e. The number of halogens is 2. The van der Waals surface area contributed by atoms with Crippen molar-refractivity contribution < 1.29 is 4.39 Å². The van der Waals surface area contributed by atoms with Crippen molar-refractivity contribution in [2.75, 3.05) is 0 Å². The number of hydrogen-bond acceptors (Lipinski definition) is 1. The van der Waals surface area contributed by atoms with E-state index in [1.165, 1.54) is 6.07 Å². The first-order valence-corrected chi connectivity index (χ1v) is 6.53. The van der Waals surface area contributed by atoms with Crippen LogP contribution in [-0.4, -0.2) is 9.55 Å². The van der Waals surface area contributed by atoms with Gasteiger partial charge in [0, 0.05) is 0 Å². The number of imidazole rings is 1. The predicted octanol–water partition coefficient (Wildman–Crippen LogP) is 4.79. The number of rotatable bonds is 1. The average Bonchev–Trinajstić information content (AvgIpc) is 2.67. The Kier molecular flexibility index (Phi) is 2.92. The molecule has 0 atom stereocenters. The van der Waals surface area contributed by atoms with Gasteiger partial charge in [-0.05, 0) is 42.9 Å². The zero-order valence-electron chi connectivity index (χ0n) is 10.1. The maximum atomic E-state index is 14.1. The fourth-order valence-electron chi connectivity index (χ4n) is 2.25. The minimum absolute atomic E-state index is 0.287. The van der Waals surface area contributed by atoms with Crippen LogP contribution in [0.25, 0.3) is 16.7 Å². The van der Waals surface area contributed by atoms with Crippen molar-refractivity contribution in [3.8, 4) is 5.69 Å². The highest BCUT2D eigenvalue weighted by atomic mass is 35.5. The summed E-state index contributed by atoms with van der Waals surface area (Å²) < 4.78 is 16.2. The monoisotopic (exact) mass is 292 g/mol. The lowest BCUT2D eigenvalue weighted by molar-refractivity contribution is 0.619. The van der Waals surface area contributed by atoms with Crippen LogP contribution >= 0.6 is 23.8 Å². The summed E-state index contributed by atoms with van der Waals surface area (Å²) in [6.45, 7) is 1.95. The van der Waals surface area contributed by atoms with Gasteiger partial charge in [0.05, 0.1) is 16.1 Å². The van der Waals surface area contributed by atoms with Crippen LogP contribution in [-0.2, 0) is 0 Å². The van der Waals surface area contributed by atoms with Crippen molar-refractivity contribution in [1.29, 1.82) is 0 Å². The maximum absolute atomic E-state index is 14.1. The number of H-pyrrole nitrogens is 1. The summed E-state index contributed by atoms with van der Waals surface area (Å²) in [6.07, 6.45) is 0. The molecule has 5 heteroatoms. The van der Waals surface area contributed by atoms with E-state index in [4.69, 9.17) is 23.8 Å². The number of nitrogens with one attached hydrogen (secondary N) is 1. The first-order chi connectivity index (χ1) is 9.09. The van der Waals surface area contributed by atoms with E-state index in [9.17, 15) is 4.39 Å². The lowest BCUT2D eigenvalue weighted by Gasteiger charge is -2.09. The molecule has 0 unspecified atom stereocenters. The van der Waals surface area contributed by atoms with Gasteiger partial charge in [0.15, 0.2) is 4.77 Å². The molecule has 0 bridgehead atoms. The molecule has 0 spiro atoms. The summed E-state index contributed by atoms with van der Waals surface area (Å²) in [5.74, 6) is -0.396. The minimum atomic E-state index is -0.396. The number of fused-ring (bicyclic) bond motifs is 1. The van der Waals surface area contributed by atoms with Gasteiger partial charge in [0.25, 0.3) is 0 Å². The zero-order valence-corrected chi connectivity index (χ0v) is 11.6. The van der Waals surface area contributed by atoms with Crippen LogP contribution < -0.4 is 0 Å². The van der Waals surface area contributed by atoms with Crippen LogP contribution in [0.3, 0.4) is 0 Å². The summed E-state index contributed by atoms with van der Waals surface area (Å²) in [6, 6.07) is 10.4. The summed E-state index contributed by atoms with van der Waals surface area (Å²) in [7, 11) is 0. The number of aromatic nitrogens is 2. The van der Waals surface area contributed by atoms with Crippen molar-refractivity contribution in [3.05, 3.63) is 57.6 Å².